The summed E-state index contributed by atoms with van der Waals surface area (Å²) in [4.78, 5) is 37.1. The number of rotatable bonds is 5. The van der Waals surface area contributed by atoms with Crippen molar-refractivity contribution in [1.29, 1.82) is 0 Å². The van der Waals surface area contributed by atoms with Crippen molar-refractivity contribution in [1.82, 2.24) is 5.32 Å². The van der Waals surface area contributed by atoms with Crippen LogP contribution in [-0.2, 0) is 25.5 Å². The molecule has 0 saturated carbocycles. The summed E-state index contributed by atoms with van der Waals surface area (Å²) in [5.74, 6) is -1.03. The molecule has 1 heterocycles. The van der Waals surface area contributed by atoms with Crippen LogP contribution in [0.5, 0.6) is 0 Å². The Labute approximate surface area is 134 Å². The van der Waals surface area contributed by atoms with Crippen molar-refractivity contribution in [2.45, 2.75) is 25.3 Å². The Balaban J connectivity index is 2.03. The van der Waals surface area contributed by atoms with Crippen LogP contribution in [0.15, 0.2) is 24.3 Å². The Bertz CT molecular complexity index is 602. The van der Waals surface area contributed by atoms with E-state index in [4.69, 9.17) is 0 Å². The number of para-hydroxylation sites is 1. The number of fused-ring (bicyclic) bond motifs is 1. The Kier molecular flexibility index (Phi) is 5.56. The van der Waals surface area contributed by atoms with E-state index >= 15 is 0 Å². The number of carbonyl (C=O) groups excluding carboxylic acids is 3. The van der Waals surface area contributed by atoms with Gasteiger partial charge in [-0.25, -0.2) is 9.59 Å². The number of amides is 2. The minimum absolute atomic E-state index is 0.0210. The summed E-state index contributed by atoms with van der Waals surface area (Å²) in [6.07, 6.45) is 0.919. The third-order valence-electron chi connectivity index (χ3n) is 3.78. The third-order valence-corrected chi connectivity index (χ3v) is 3.78. The van der Waals surface area contributed by atoms with Gasteiger partial charge in [-0.15, -0.1) is 0 Å². The summed E-state index contributed by atoms with van der Waals surface area (Å²) in [6.45, 7) is 0.552. The zero-order valence-electron chi connectivity index (χ0n) is 13.2. The largest absolute Gasteiger partial charge is 0.469 e. The van der Waals surface area contributed by atoms with Crippen LogP contribution in [0.1, 0.15) is 18.4 Å². The molecule has 0 radical (unpaired) electrons. The molecule has 1 aliphatic rings. The van der Waals surface area contributed by atoms with E-state index in [1.54, 1.807) is 4.90 Å². The number of urea groups is 1. The Hall–Kier alpha value is -2.57. The van der Waals surface area contributed by atoms with Crippen LogP contribution in [0.2, 0.25) is 0 Å². The molecule has 0 aromatic heterocycles. The van der Waals surface area contributed by atoms with Gasteiger partial charge in [-0.3, -0.25) is 9.69 Å². The van der Waals surface area contributed by atoms with E-state index in [1.165, 1.54) is 14.2 Å². The van der Waals surface area contributed by atoms with Crippen LogP contribution < -0.4 is 10.2 Å². The van der Waals surface area contributed by atoms with Crippen molar-refractivity contribution in [3.05, 3.63) is 29.8 Å². The maximum absolute atomic E-state index is 12.4. The second-order valence-electron chi connectivity index (χ2n) is 5.17. The van der Waals surface area contributed by atoms with Gasteiger partial charge in [0, 0.05) is 18.7 Å². The predicted octanol–water partition coefficient (Wildman–Crippen LogP) is 1.25. The summed E-state index contributed by atoms with van der Waals surface area (Å²) in [5.41, 5.74) is 1.92. The number of nitrogens with one attached hydrogen (secondary N) is 1. The fourth-order valence-electron chi connectivity index (χ4n) is 2.53. The van der Waals surface area contributed by atoms with Gasteiger partial charge < -0.3 is 14.8 Å². The third kappa shape index (κ3) is 4.00. The van der Waals surface area contributed by atoms with Crippen molar-refractivity contribution in [3.63, 3.8) is 0 Å². The molecule has 23 heavy (non-hydrogen) atoms. The first-order chi connectivity index (χ1) is 11.1. The van der Waals surface area contributed by atoms with Gasteiger partial charge in [0.2, 0.25) is 0 Å². The van der Waals surface area contributed by atoms with Crippen LogP contribution in [-0.4, -0.2) is 44.8 Å². The minimum Gasteiger partial charge on any atom is -0.469 e. The molecular formula is C16H20N2O5. The van der Waals surface area contributed by atoms with Crippen molar-refractivity contribution >= 4 is 23.7 Å². The molecule has 124 valence electrons. The fourth-order valence-corrected chi connectivity index (χ4v) is 2.53. The van der Waals surface area contributed by atoms with Gasteiger partial charge in [-0.2, -0.15) is 0 Å². The van der Waals surface area contributed by atoms with Crippen molar-refractivity contribution in [2.24, 2.45) is 0 Å². The number of nitrogens with zero attached hydrogens (tertiary/aromatic N) is 1. The maximum atomic E-state index is 12.4. The first-order valence-electron chi connectivity index (χ1n) is 7.37. The van der Waals surface area contributed by atoms with E-state index < -0.39 is 18.0 Å². The Morgan fingerprint density at radius 1 is 1.22 bits per heavy atom. The molecule has 7 heteroatoms. The van der Waals surface area contributed by atoms with Crippen LogP contribution in [0.25, 0.3) is 0 Å². The van der Waals surface area contributed by atoms with E-state index in [9.17, 15) is 14.4 Å². The van der Waals surface area contributed by atoms with E-state index in [2.05, 4.69) is 14.8 Å². The quantitative estimate of drug-likeness (QED) is 0.826. The van der Waals surface area contributed by atoms with Crippen molar-refractivity contribution in [2.75, 3.05) is 25.7 Å². The van der Waals surface area contributed by atoms with Gasteiger partial charge >= 0.3 is 18.0 Å². The average molecular weight is 320 g/mol. The van der Waals surface area contributed by atoms with Gasteiger partial charge in [0.05, 0.1) is 14.2 Å². The summed E-state index contributed by atoms with van der Waals surface area (Å²) >= 11 is 0. The molecule has 1 aromatic rings. The zero-order valence-corrected chi connectivity index (χ0v) is 13.2. The molecule has 7 nitrogen and oxygen atoms in total. The number of methoxy groups -OCH3 is 2. The predicted molar refractivity (Wildman–Crippen MR) is 83.1 cm³/mol. The number of hydrogen-bond acceptors (Lipinski definition) is 5. The number of carbonyl (C=O) groups is 3. The smallest absolute Gasteiger partial charge is 0.328 e. The molecule has 0 spiro atoms. The molecular weight excluding hydrogens is 300 g/mol. The standard InChI is InChI=1S/C16H20N2O5/c1-22-14(19)8-7-12(15(20)23-2)17-16(21)18-10-9-11-5-3-4-6-13(11)18/h3-6,12H,7-10H2,1-2H3,(H,17,21)/t12-/m0/s1. The normalized spacial score (nSPS) is 13.9. The zero-order chi connectivity index (χ0) is 16.8. The number of benzene rings is 1. The van der Waals surface area contributed by atoms with Gasteiger partial charge in [0.15, 0.2) is 0 Å². The lowest BCUT2D eigenvalue weighted by atomic mass is 10.1. The van der Waals surface area contributed by atoms with E-state index in [-0.39, 0.29) is 18.9 Å². The van der Waals surface area contributed by atoms with Crippen LogP contribution in [0, 0.1) is 0 Å². The molecule has 1 N–H and O–H groups in total. The molecule has 0 unspecified atom stereocenters. The highest BCUT2D eigenvalue weighted by Gasteiger charge is 2.29. The van der Waals surface area contributed by atoms with Crippen LogP contribution >= 0.6 is 0 Å². The van der Waals surface area contributed by atoms with Gasteiger partial charge in [0.1, 0.15) is 6.04 Å². The topological polar surface area (TPSA) is 84.9 Å². The SMILES string of the molecule is COC(=O)CC[C@H](NC(=O)N1CCc2ccccc21)C(=O)OC. The molecule has 1 aliphatic heterocycles. The monoisotopic (exact) mass is 320 g/mol. The molecule has 2 amide bonds. The fraction of sp³-hybridized carbons (Fsp3) is 0.438. The Morgan fingerprint density at radius 3 is 2.65 bits per heavy atom. The molecule has 1 atom stereocenters. The summed E-state index contributed by atoms with van der Waals surface area (Å²) in [6, 6.07) is 6.35. The second-order valence-corrected chi connectivity index (χ2v) is 5.17. The lowest BCUT2D eigenvalue weighted by Crippen LogP contribution is -2.48. The van der Waals surface area contributed by atoms with E-state index in [0.717, 1.165) is 17.7 Å². The molecule has 0 bridgehead atoms. The van der Waals surface area contributed by atoms with Crippen molar-refractivity contribution < 1.29 is 23.9 Å². The summed E-state index contributed by atoms with van der Waals surface area (Å²) in [5, 5.41) is 2.63. The minimum atomic E-state index is -0.889. The first kappa shape index (κ1) is 16.8. The molecule has 0 fully saturated rings. The molecule has 1 aromatic carbocycles. The van der Waals surface area contributed by atoms with Crippen LogP contribution in [0.3, 0.4) is 0 Å². The number of esters is 2. The first-order valence-corrected chi connectivity index (χ1v) is 7.37. The second kappa shape index (κ2) is 7.62. The maximum Gasteiger partial charge on any atom is 0.328 e. The lowest BCUT2D eigenvalue weighted by Gasteiger charge is -2.22. The highest BCUT2D eigenvalue weighted by atomic mass is 16.5. The molecule has 0 aliphatic carbocycles. The molecule has 2 rings (SSSR count). The summed E-state index contributed by atoms with van der Waals surface area (Å²) in [7, 11) is 2.51. The highest BCUT2D eigenvalue weighted by molar-refractivity contribution is 5.96. The summed E-state index contributed by atoms with van der Waals surface area (Å²) < 4.78 is 9.24. The lowest BCUT2D eigenvalue weighted by molar-refractivity contribution is -0.144. The number of hydrogen-bond donors (Lipinski definition) is 1. The highest BCUT2D eigenvalue weighted by Crippen LogP contribution is 2.27. The number of anilines is 1. The van der Waals surface area contributed by atoms with Gasteiger partial charge in [-0.05, 0) is 24.5 Å². The average Bonchev–Trinajstić information content (AvgIpc) is 3.01. The van der Waals surface area contributed by atoms with E-state index in [0.29, 0.717) is 6.54 Å². The van der Waals surface area contributed by atoms with Crippen LogP contribution in [0.4, 0.5) is 10.5 Å². The molecule has 0 saturated heterocycles. The van der Waals surface area contributed by atoms with Crippen molar-refractivity contribution in [3.8, 4) is 0 Å². The van der Waals surface area contributed by atoms with Gasteiger partial charge in [0.25, 0.3) is 0 Å². The van der Waals surface area contributed by atoms with Gasteiger partial charge in [-0.1, -0.05) is 18.2 Å². The number of ether oxygens (including phenoxy) is 2. The Morgan fingerprint density at radius 2 is 1.96 bits per heavy atom. The van der Waals surface area contributed by atoms with E-state index in [1.807, 2.05) is 24.3 Å².